The van der Waals surface area contributed by atoms with Crippen LogP contribution >= 0.6 is 0 Å². The summed E-state index contributed by atoms with van der Waals surface area (Å²) in [4.78, 5) is 10.9. The maximum atomic E-state index is 8.93. The molecule has 1 aromatic heterocycles. The number of anilines is 4. The highest BCUT2D eigenvalue weighted by atomic mass is 16.2. The lowest BCUT2D eigenvalue weighted by molar-refractivity contribution is 0.285. The summed E-state index contributed by atoms with van der Waals surface area (Å²) in [6, 6.07) is 8.12. The molecule has 0 aliphatic carbocycles. The van der Waals surface area contributed by atoms with Gasteiger partial charge in [0.25, 0.3) is 0 Å². The van der Waals surface area contributed by atoms with Gasteiger partial charge in [0.2, 0.25) is 0 Å². The summed E-state index contributed by atoms with van der Waals surface area (Å²) in [5.41, 5.74) is 2.15. The summed E-state index contributed by atoms with van der Waals surface area (Å²) in [5.74, 6) is 1.63. The van der Waals surface area contributed by atoms with E-state index in [2.05, 4.69) is 26.3 Å². The highest BCUT2D eigenvalue weighted by molar-refractivity contribution is 5.87. The third-order valence-corrected chi connectivity index (χ3v) is 3.17. The van der Waals surface area contributed by atoms with Crippen molar-refractivity contribution >= 4 is 23.0 Å². The molecule has 5 heteroatoms. The molecule has 2 heterocycles. The quantitative estimate of drug-likeness (QED) is 0.823. The van der Waals surface area contributed by atoms with Crippen LogP contribution in [0.25, 0.3) is 0 Å². The van der Waals surface area contributed by atoms with E-state index in [9.17, 15) is 0 Å². The van der Waals surface area contributed by atoms with Crippen molar-refractivity contribution in [2.24, 2.45) is 0 Å². The first-order valence-electron chi connectivity index (χ1n) is 6.45. The van der Waals surface area contributed by atoms with Gasteiger partial charge in [-0.15, -0.1) is 0 Å². The monoisotopic (exact) mass is 256 g/mol. The van der Waals surface area contributed by atoms with Crippen molar-refractivity contribution in [3.05, 3.63) is 36.7 Å². The SMILES string of the molecule is OCCCCN1c2ccccc2Nc2nccnc21. The molecule has 5 nitrogen and oxygen atoms in total. The summed E-state index contributed by atoms with van der Waals surface area (Å²) < 4.78 is 0. The average Bonchev–Trinajstić information content (AvgIpc) is 2.46. The number of fused-ring (bicyclic) bond motifs is 2. The number of benzene rings is 1. The van der Waals surface area contributed by atoms with Gasteiger partial charge in [-0.2, -0.15) is 0 Å². The fourth-order valence-electron chi connectivity index (χ4n) is 2.28. The van der Waals surface area contributed by atoms with E-state index in [0.29, 0.717) is 0 Å². The van der Waals surface area contributed by atoms with Crippen LogP contribution in [0.2, 0.25) is 0 Å². The molecule has 0 spiro atoms. The number of aliphatic hydroxyl groups is 1. The second-order valence-electron chi connectivity index (χ2n) is 4.45. The zero-order valence-electron chi connectivity index (χ0n) is 10.6. The molecule has 19 heavy (non-hydrogen) atoms. The lowest BCUT2D eigenvalue weighted by Gasteiger charge is -2.31. The number of aromatic nitrogens is 2. The van der Waals surface area contributed by atoms with Gasteiger partial charge in [-0.25, -0.2) is 9.97 Å². The molecule has 0 amide bonds. The van der Waals surface area contributed by atoms with Gasteiger partial charge in [0.15, 0.2) is 11.6 Å². The Labute approximate surface area is 111 Å². The van der Waals surface area contributed by atoms with Crippen LogP contribution in [0.3, 0.4) is 0 Å². The van der Waals surface area contributed by atoms with Crippen LogP contribution in [-0.2, 0) is 0 Å². The first kappa shape index (κ1) is 11.9. The van der Waals surface area contributed by atoms with Crippen molar-refractivity contribution in [1.82, 2.24) is 9.97 Å². The summed E-state index contributed by atoms with van der Waals surface area (Å²) in [7, 11) is 0. The molecule has 0 saturated heterocycles. The van der Waals surface area contributed by atoms with Crippen LogP contribution in [-0.4, -0.2) is 28.2 Å². The number of aliphatic hydroxyl groups excluding tert-OH is 1. The van der Waals surface area contributed by atoms with Crippen molar-refractivity contribution in [1.29, 1.82) is 0 Å². The fourth-order valence-corrected chi connectivity index (χ4v) is 2.28. The zero-order chi connectivity index (χ0) is 13.1. The molecular formula is C14H16N4O. The number of rotatable bonds is 4. The van der Waals surface area contributed by atoms with E-state index < -0.39 is 0 Å². The highest BCUT2D eigenvalue weighted by Crippen LogP contribution is 2.40. The van der Waals surface area contributed by atoms with Gasteiger partial charge in [0.05, 0.1) is 11.4 Å². The van der Waals surface area contributed by atoms with Crippen molar-refractivity contribution in [2.75, 3.05) is 23.4 Å². The molecule has 3 rings (SSSR count). The van der Waals surface area contributed by atoms with Gasteiger partial charge in [0, 0.05) is 25.5 Å². The Balaban J connectivity index is 1.96. The topological polar surface area (TPSA) is 61.3 Å². The van der Waals surface area contributed by atoms with Crippen LogP contribution < -0.4 is 10.2 Å². The van der Waals surface area contributed by atoms with Crippen molar-refractivity contribution < 1.29 is 5.11 Å². The van der Waals surface area contributed by atoms with Crippen LogP contribution in [0.5, 0.6) is 0 Å². The molecule has 0 atom stereocenters. The Hall–Kier alpha value is -2.14. The minimum atomic E-state index is 0.223. The summed E-state index contributed by atoms with van der Waals surface area (Å²) >= 11 is 0. The smallest absolute Gasteiger partial charge is 0.176 e. The normalized spacial score (nSPS) is 12.6. The third-order valence-electron chi connectivity index (χ3n) is 3.17. The van der Waals surface area contributed by atoms with Gasteiger partial charge < -0.3 is 15.3 Å². The van der Waals surface area contributed by atoms with Crippen molar-refractivity contribution in [2.45, 2.75) is 12.8 Å². The number of unbranched alkanes of at least 4 members (excludes halogenated alkanes) is 1. The first-order valence-corrected chi connectivity index (χ1v) is 6.45. The minimum absolute atomic E-state index is 0.223. The molecule has 0 bridgehead atoms. The predicted molar refractivity (Wildman–Crippen MR) is 75.1 cm³/mol. The molecule has 0 radical (unpaired) electrons. The lowest BCUT2D eigenvalue weighted by atomic mass is 10.2. The molecule has 0 unspecified atom stereocenters. The highest BCUT2D eigenvalue weighted by Gasteiger charge is 2.23. The molecule has 98 valence electrons. The fraction of sp³-hybridized carbons (Fsp3) is 0.286. The standard InChI is InChI=1S/C14H16N4O/c19-10-4-3-9-18-12-6-2-1-5-11(12)17-13-14(18)16-8-7-15-13/h1-2,5-8,19H,3-4,9-10H2,(H,15,17). The second kappa shape index (κ2) is 5.24. The van der Waals surface area contributed by atoms with Crippen LogP contribution in [0, 0.1) is 0 Å². The van der Waals surface area contributed by atoms with Crippen molar-refractivity contribution in [3.63, 3.8) is 0 Å². The van der Waals surface area contributed by atoms with Gasteiger partial charge in [0.1, 0.15) is 0 Å². The predicted octanol–water partition coefficient (Wildman–Crippen LogP) is 2.44. The Morgan fingerprint density at radius 1 is 1.11 bits per heavy atom. The second-order valence-corrected chi connectivity index (χ2v) is 4.45. The largest absolute Gasteiger partial charge is 0.396 e. The van der Waals surface area contributed by atoms with Gasteiger partial charge in [-0.1, -0.05) is 12.1 Å². The molecule has 1 aliphatic rings. The van der Waals surface area contributed by atoms with E-state index in [-0.39, 0.29) is 6.61 Å². The number of hydrogen-bond donors (Lipinski definition) is 2. The Bertz CT molecular complexity index is 527. The minimum Gasteiger partial charge on any atom is -0.396 e. The summed E-state index contributed by atoms with van der Waals surface area (Å²) in [6.45, 7) is 1.05. The Kier molecular flexibility index (Phi) is 3.29. The number of hydrogen-bond acceptors (Lipinski definition) is 5. The van der Waals surface area contributed by atoms with Gasteiger partial charge >= 0.3 is 0 Å². The van der Waals surface area contributed by atoms with E-state index in [1.54, 1.807) is 12.4 Å². The number of nitrogens with one attached hydrogen (secondary N) is 1. The summed E-state index contributed by atoms with van der Waals surface area (Å²) in [5, 5.41) is 12.2. The van der Waals surface area contributed by atoms with E-state index in [0.717, 1.165) is 42.4 Å². The van der Waals surface area contributed by atoms with Crippen LogP contribution in [0.4, 0.5) is 23.0 Å². The third kappa shape index (κ3) is 2.24. The maximum Gasteiger partial charge on any atom is 0.176 e. The number of para-hydroxylation sites is 2. The molecule has 2 aromatic rings. The average molecular weight is 256 g/mol. The zero-order valence-corrected chi connectivity index (χ0v) is 10.6. The maximum absolute atomic E-state index is 8.93. The van der Waals surface area contributed by atoms with Crippen LogP contribution in [0.1, 0.15) is 12.8 Å². The molecular weight excluding hydrogens is 240 g/mol. The van der Waals surface area contributed by atoms with Gasteiger partial charge in [-0.05, 0) is 25.0 Å². The van der Waals surface area contributed by atoms with E-state index >= 15 is 0 Å². The van der Waals surface area contributed by atoms with E-state index in [4.69, 9.17) is 5.11 Å². The molecule has 2 N–H and O–H groups in total. The first-order chi connectivity index (χ1) is 9.40. The van der Waals surface area contributed by atoms with E-state index in [1.165, 1.54) is 0 Å². The molecule has 1 aliphatic heterocycles. The molecule has 0 fully saturated rings. The summed E-state index contributed by atoms with van der Waals surface area (Å²) in [6.07, 6.45) is 5.10. The lowest BCUT2D eigenvalue weighted by Crippen LogP contribution is -2.25. The van der Waals surface area contributed by atoms with Crippen molar-refractivity contribution in [3.8, 4) is 0 Å². The molecule has 0 saturated carbocycles. The molecule has 1 aromatic carbocycles. The van der Waals surface area contributed by atoms with E-state index in [1.807, 2.05) is 18.2 Å². The van der Waals surface area contributed by atoms with Gasteiger partial charge in [-0.3, -0.25) is 0 Å². The number of nitrogens with zero attached hydrogens (tertiary/aromatic N) is 3. The van der Waals surface area contributed by atoms with Crippen LogP contribution in [0.15, 0.2) is 36.7 Å². The Morgan fingerprint density at radius 3 is 2.84 bits per heavy atom. The Morgan fingerprint density at radius 2 is 1.95 bits per heavy atom.